The Bertz CT molecular complexity index is 1180. The number of para-hydroxylation sites is 1. The van der Waals surface area contributed by atoms with Crippen molar-refractivity contribution in [1.82, 2.24) is 4.31 Å². The van der Waals surface area contributed by atoms with Gasteiger partial charge in [0, 0.05) is 13.1 Å². The van der Waals surface area contributed by atoms with Crippen LogP contribution < -0.4 is 5.32 Å². The van der Waals surface area contributed by atoms with Gasteiger partial charge in [0.05, 0.1) is 21.7 Å². The lowest BCUT2D eigenvalue weighted by Crippen LogP contribution is -2.42. The van der Waals surface area contributed by atoms with Crippen LogP contribution in [-0.2, 0) is 19.6 Å². The number of hydrogen-bond donors (Lipinski definition) is 1. The summed E-state index contributed by atoms with van der Waals surface area (Å²) in [7, 11) is -3.76. The minimum absolute atomic E-state index is 0.0123. The van der Waals surface area contributed by atoms with Crippen molar-refractivity contribution in [3.63, 3.8) is 0 Å². The van der Waals surface area contributed by atoms with Crippen molar-refractivity contribution in [2.45, 2.75) is 38.2 Å². The van der Waals surface area contributed by atoms with E-state index in [9.17, 15) is 18.0 Å². The molecule has 2 aromatic rings. The van der Waals surface area contributed by atoms with Crippen molar-refractivity contribution in [3.8, 4) is 6.07 Å². The lowest BCUT2D eigenvalue weighted by atomic mass is 9.94. The van der Waals surface area contributed by atoms with Crippen molar-refractivity contribution in [1.29, 1.82) is 5.26 Å². The monoisotopic (exact) mass is 469 g/mol. The Morgan fingerprint density at radius 2 is 1.79 bits per heavy atom. The molecule has 174 valence electrons. The number of hydrogen-bond acceptors (Lipinski definition) is 6. The van der Waals surface area contributed by atoms with Crippen molar-refractivity contribution < 1.29 is 22.7 Å². The maximum Gasteiger partial charge on any atom is 0.338 e. The molecule has 2 aromatic carbocycles. The quantitative estimate of drug-likeness (QED) is 0.648. The Morgan fingerprint density at radius 3 is 2.45 bits per heavy atom. The predicted molar refractivity (Wildman–Crippen MR) is 123 cm³/mol. The topological polar surface area (TPSA) is 117 Å². The second-order valence-corrected chi connectivity index (χ2v) is 10.4. The predicted octanol–water partition coefficient (Wildman–Crippen LogP) is 3.41. The summed E-state index contributed by atoms with van der Waals surface area (Å²) in [4.78, 5) is 25.1. The van der Waals surface area contributed by atoms with Gasteiger partial charge in [-0.3, -0.25) is 4.79 Å². The first-order valence-corrected chi connectivity index (χ1v) is 12.2. The van der Waals surface area contributed by atoms with E-state index in [1.165, 1.54) is 35.5 Å². The molecule has 0 spiro atoms. The zero-order chi connectivity index (χ0) is 24.2. The highest BCUT2D eigenvalue weighted by atomic mass is 32.2. The van der Waals surface area contributed by atoms with Crippen molar-refractivity contribution in [2.75, 3.05) is 18.4 Å². The van der Waals surface area contributed by atoms with Gasteiger partial charge in [-0.05, 0) is 55.5 Å². The minimum atomic E-state index is -3.76. The first kappa shape index (κ1) is 24.4. The van der Waals surface area contributed by atoms with Gasteiger partial charge in [-0.25, -0.2) is 13.2 Å². The Labute approximate surface area is 194 Å². The van der Waals surface area contributed by atoms with E-state index in [0.29, 0.717) is 18.8 Å². The number of sulfonamides is 1. The molecule has 1 saturated heterocycles. The number of amides is 1. The molecule has 1 aliphatic rings. The summed E-state index contributed by atoms with van der Waals surface area (Å²) in [6.07, 6.45) is -0.190. The van der Waals surface area contributed by atoms with E-state index in [2.05, 4.69) is 5.32 Å². The van der Waals surface area contributed by atoms with Crippen LogP contribution in [0.15, 0.2) is 53.4 Å². The van der Waals surface area contributed by atoms with Crippen LogP contribution in [0.2, 0.25) is 0 Å². The molecule has 1 N–H and O–H groups in total. The van der Waals surface area contributed by atoms with Crippen LogP contribution in [-0.4, -0.2) is 43.8 Å². The number of nitrogens with zero attached hydrogens (tertiary/aromatic N) is 2. The number of nitriles is 1. The third-order valence-corrected chi connectivity index (χ3v) is 7.33. The lowest BCUT2D eigenvalue weighted by Gasteiger charge is -2.34. The third kappa shape index (κ3) is 5.78. The molecule has 3 atom stereocenters. The number of carbonyl (C=O) groups is 2. The average molecular weight is 470 g/mol. The van der Waals surface area contributed by atoms with E-state index < -0.39 is 28.0 Å². The number of ether oxygens (including phenoxy) is 1. The molecule has 8 nitrogen and oxygen atoms in total. The Hall–Kier alpha value is -3.22. The summed E-state index contributed by atoms with van der Waals surface area (Å²) in [6.45, 7) is 6.31. The van der Waals surface area contributed by atoms with Crippen molar-refractivity contribution in [3.05, 3.63) is 59.7 Å². The Balaban J connectivity index is 1.71. The second-order valence-electron chi connectivity index (χ2n) is 8.49. The van der Waals surface area contributed by atoms with Crippen LogP contribution in [0.3, 0.4) is 0 Å². The van der Waals surface area contributed by atoms with E-state index in [4.69, 9.17) is 10.00 Å². The molecule has 9 heteroatoms. The zero-order valence-corrected chi connectivity index (χ0v) is 19.6. The van der Waals surface area contributed by atoms with Crippen LogP contribution in [0.1, 0.15) is 43.1 Å². The maximum absolute atomic E-state index is 13.1. The SMILES string of the molecule is CC1CC(C)CN(S(=O)(=O)c2cccc(C(=O)OC(C)C(=O)Nc3ccccc3C#N)c2)C1. The molecule has 3 unspecified atom stereocenters. The van der Waals surface area contributed by atoms with E-state index in [-0.39, 0.29) is 27.9 Å². The molecular weight excluding hydrogens is 442 g/mol. The van der Waals surface area contributed by atoms with E-state index in [0.717, 1.165) is 6.42 Å². The molecule has 33 heavy (non-hydrogen) atoms. The van der Waals surface area contributed by atoms with Crippen molar-refractivity contribution in [2.24, 2.45) is 11.8 Å². The third-order valence-electron chi connectivity index (χ3n) is 5.50. The fourth-order valence-corrected chi connectivity index (χ4v) is 5.67. The number of rotatable bonds is 6. The van der Waals surface area contributed by atoms with Gasteiger partial charge >= 0.3 is 5.97 Å². The average Bonchev–Trinajstić information content (AvgIpc) is 2.78. The van der Waals surface area contributed by atoms with Gasteiger partial charge in [-0.1, -0.05) is 32.0 Å². The van der Waals surface area contributed by atoms with E-state index in [1.807, 2.05) is 19.9 Å². The second kappa shape index (κ2) is 10.1. The number of esters is 1. The van der Waals surface area contributed by atoms with Crippen LogP contribution in [0.25, 0.3) is 0 Å². The molecule has 0 saturated carbocycles. The highest BCUT2D eigenvalue weighted by molar-refractivity contribution is 7.89. The standard InChI is InChI=1S/C24H27N3O5S/c1-16-11-17(2)15-27(14-16)33(30,31)21-9-6-8-19(12-21)24(29)32-18(3)23(28)26-22-10-5-4-7-20(22)13-25/h4-10,12,16-18H,11,14-15H2,1-3H3,(H,26,28). The molecule has 0 aromatic heterocycles. The van der Waals surface area contributed by atoms with Gasteiger partial charge in [0.25, 0.3) is 5.91 Å². The molecule has 1 aliphatic heterocycles. The van der Waals surface area contributed by atoms with Gasteiger partial charge in [-0.15, -0.1) is 0 Å². The summed E-state index contributed by atoms with van der Waals surface area (Å²) < 4.78 is 33.0. The number of carbonyl (C=O) groups excluding carboxylic acids is 2. The molecule has 0 bridgehead atoms. The summed E-state index contributed by atoms with van der Waals surface area (Å²) in [5.74, 6) is -0.917. The lowest BCUT2D eigenvalue weighted by molar-refractivity contribution is -0.123. The van der Waals surface area contributed by atoms with Crippen LogP contribution in [0.5, 0.6) is 0 Å². The zero-order valence-electron chi connectivity index (χ0n) is 18.8. The van der Waals surface area contributed by atoms with E-state index >= 15 is 0 Å². The van der Waals surface area contributed by atoms with Gasteiger partial charge in [-0.2, -0.15) is 9.57 Å². The van der Waals surface area contributed by atoms with Gasteiger partial charge in [0.2, 0.25) is 10.0 Å². The molecule has 0 aliphatic carbocycles. The summed E-state index contributed by atoms with van der Waals surface area (Å²) >= 11 is 0. The molecule has 3 rings (SSSR count). The maximum atomic E-state index is 13.1. The Morgan fingerprint density at radius 1 is 1.12 bits per heavy atom. The van der Waals surface area contributed by atoms with Crippen LogP contribution in [0.4, 0.5) is 5.69 Å². The number of piperidine rings is 1. The summed E-state index contributed by atoms with van der Waals surface area (Å²) in [5.41, 5.74) is 0.626. The molecule has 0 radical (unpaired) electrons. The smallest absolute Gasteiger partial charge is 0.338 e. The van der Waals surface area contributed by atoms with Gasteiger partial charge in [0.1, 0.15) is 6.07 Å². The first-order chi connectivity index (χ1) is 15.6. The van der Waals surface area contributed by atoms with Crippen LogP contribution >= 0.6 is 0 Å². The highest BCUT2D eigenvalue weighted by Crippen LogP contribution is 2.27. The fourth-order valence-electron chi connectivity index (χ4n) is 3.94. The molecular formula is C24H27N3O5S. The van der Waals surface area contributed by atoms with Gasteiger partial charge < -0.3 is 10.1 Å². The highest BCUT2D eigenvalue weighted by Gasteiger charge is 2.32. The number of nitrogens with one attached hydrogen (secondary N) is 1. The normalized spacial score (nSPS) is 19.8. The largest absolute Gasteiger partial charge is 0.449 e. The van der Waals surface area contributed by atoms with E-state index in [1.54, 1.807) is 24.3 Å². The first-order valence-electron chi connectivity index (χ1n) is 10.7. The van der Waals surface area contributed by atoms with Crippen molar-refractivity contribution >= 4 is 27.6 Å². The molecule has 1 fully saturated rings. The number of anilines is 1. The van der Waals surface area contributed by atoms with Gasteiger partial charge in [0.15, 0.2) is 6.10 Å². The Kier molecular flexibility index (Phi) is 7.51. The van der Waals surface area contributed by atoms with Crippen LogP contribution in [0, 0.1) is 23.2 Å². The summed E-state index contributed by atoms with van der Waals surface area (Å²) in [6, 6.07) is 14.1. The molecule has 1 heterocycles. The fraction of sp³-hybridized carbons (Fsp3) is 0.375. The molecule has 1 amide bonds. The summed E-state index contributed by atoms with van der Waals surface area (Å²) in [5, 5.41) is 11.7. The minimum Gasteiger partial charge on any atom is -0.449 e. The number of benzene rings is 2.